The highest BCUT2D eigenvalue weighted by molar-refractivity contribution is 5.41. The van der Waals surface area contributed by atoms with Crippen molar-refractivity contribution in [1.82, 2.24) is 15.0 Å². The molecule has 1 aliphatic heterocycles. The van der Waals surface area contributed by atoms with Crippen LogP contribution in [0.5, 0.6) is 6.01 Å². The van der Waals surface area contributed by atoms with Crippen LogP contribution >= 0.6 is 0 Å². The molecule has 7 heteroatoms. The van der Waals surface area contributed by atoms with Gasteiger partial charge in [0, 0.05) is 12.6 Å². The number of hydrogen-bond acceptors (Lipinski definition) is 7. The molecule has 1 aliphatic carbocycles. The Balaban J connectivity index is 1.87. The highest BCUT2D eigenvalue weighted by atomic mass is 16.5. The summed E-state index contributed by atoms with van der Waals surface area (Å²) in [6, 6.07) is 0.889. The van der Waals surface area contributed by atoms with Gasteiger partial charge in [0.1, 0.15) is 0 Å². The number of nitrogens with zero attached hydrogens (tertiary/aromatic N) is 4. The SMILES string of the molecule is CC(C)Oc1nc(NN)nc(N2CC3CCC2C3)n1. The largest absolute Gasteiger partial charge is 0.461 e. The maximum absolute atomic E-state index is 5.55. The summed E-state index contributed by atoms with van der Waals surface area (Å²) in [5.41, 5.74) is 2.48. The number of rotatable bonds is 4. The van der Waals surface area contributed by atoms with Crippen LogP contribution in [0.4, 0.5) is 11.9 Å². The van der Waals surface area contributed by atoms with Crippen molar-refractivity contribution in [3.05, 3.63) is 0 Å². The van der Waals surface area contributed by atoms with Crippen molar-refractivity contribution in [2.75, 3.05) is 16.9 Å². The minimum absolute atomic E-state index is 0.0240. The van der Waals surface area contributed by atoms with E-state index in [0.717, 1.165) is 12.5 Å². The number of ether oxygens (including phenoxy) is 1. The summed E-state index contributed by atoms with van der Waals surface area (Å²) < 4.78 is 5.55. The van der Waals surface area contributed by atoms with E-state index in [1.54, 1.807) is 0 Å². The molecule has 0 aromatic carbocycles. The Morgan fingerprint density at radius 1 is 1.32 bits per heavy atom. The number of fused-ring (bicyclic) bond motifs is 2. The highest BCUT2D eigenvalue weighted by Crippen LogP contribution is 2.39. The van der Waals surface area contributed by atoms with Gasteiger partial charge >= 0.3 is 6.01 Å². The second-order valence-electron chi connectivity index (χ2n) is 5.54. The topological polar surface area (TPSA) is 89.2 Å². The highest BCUT2D eigenvalue weighted by Gasteiger charge is 2.39. The first-order chi connectivity index (χ1) is 9.15. The lowest BCUT2D eigenvalue weighted by Crippen LogP contribution is -2.34. The zero-order valence-corrected chi connectivity index (χ0v) is 11.3. The number of anilines is 2. The fourth-order valence-electron chi connectivity index (χ4n) is 2.97. The molecule has 2 bridgehead atoms. The molecule has 104 valence electrons. The molecule has 7 nitrogen and oxygen atoms in total. The molecular weight excluding hydrogens is 244 g/mol. The van der Waals surface area contributed by atoms with Crippen molar-refractivity contribution < 1.29 is 4.74 Å². The lowest BCUT2D eigenvalue weighted by atomic mass is 10.1. The molecule has 3 rings (SSSR count). The van der Waals surface area contributed by atoms with E-state index in [1.807, 2.05) is 13.8 Å². The molecule has 1 saturated heterocycles. The Morgan fingerprint density at radius 2 is 2.16 bits per heavy atom. The number of nitrogen functional groups attached to an aromatic ring is 1. The molecular formula is C12H20N6O. The van der Waals surface area contributed by atoms with Crippen molar-refractivity contribution in [2.45, 2.75) is 45.3 Å². The molecule has 2 aliphatic rings. The van der Waals surface area contributed by atoms with Gasteiger partial charge in [-0.05, 0) is 39.0 Å². The Labute approximate surface area is 112 Å². The first-order valence-electron chi connectivity index (χ1n) is 6.81. The van der Waals surface area contributed by atoms with Crippen molar-refractivity contribution in [3.63, 3.8) is 0 Å². The first-order valence-corrected chi connectivity index (χ1v) is 6.81. The molecule has 19 heavy (non-hydrogen) atoms. The normalized spacial score (nSPS) is 25.2. The molecule has 0 spiro atoms. The van der Waals surface area contributed by atoms with Crippen LogP contribution in [-0.4, -0.2) is 33.6 Å². The van der Waals surface area contributed by atoms with Crippen LogP contribution in [-0.2, 0) is 0 Å². The van der Waals surface area contributed by atoms with Crippen molar-refractivity contribution in [2.24, 2.45) is 11.8 Å². The van der Waals surface area contributed by atoms with Crippen LogP contribution in [0.25, 0.3) is 0 Å². The summed E-state index contributed by atoms with van der Waals surface area (Å²) in [7, 11) is 0. The zero-order valence-electron chi connectivity index (χ0n) is 11.3. The van der Waals surface area contributed by atoms with Crippen LogP contribution in [0, 0.1) is 5.92 Å². The summed E-state index contributed by atoms with van der Waals surface area (Å²) in [6.07, 6.45) is 3.82. The fourth-order valence-corrected chi connectivity index (χ4v) is 2.97. The average Bonchev–Trinajstić information content (AvgIpc) is 2.99. The van der Waals surface area contributed by atoms with Gasteiger partial charge in [-0.2, -0.15) is 15.0 Å². The van der Waals surface area contributed by atoms with E-state index in [2.05, 4.69) is 25.3 Å². The van der Waals surface area contributed by atoms with E-state index in [4.69, 9.17) is 10.6 Å². The number of hydrazine groups is 1. The average molecular weight is 264 g/mol. The predicted molar refractivity (Wildman–Crippen MR) is 71.9 cm³/mol. The van der Waals surface area contributed by atoms with Crippen LogP contribution in [0.3, 0.4) is 0 Å². The first kappa shape index (κ1) is 12.4. The summed E-state index contributed by atoms with van der Waals surface area (Å²) in [5.74, 6) is 7.22. The predicted octanol–water partition coefficient (Wildman–Crippen LogP) is 0.933. The lowest BCUT2D eigenvalue weighted by Gasteiger charge is -2.27. The Morgan fingerprint density at radius 3 is 2.74 bits per heavy atom. The second-order valence-corrected chi connectivity index (χ2v) is 5.54. The van der Waals surface area contributed by atoms with E-state index in [-0.39, 0.29) is 6.10 Å². The number of nitrogens with one attached hydrogen (secondary N) is 1. The molecule has 0 amide bonds. The number of piperidine rings is 1. The molecule has 2 heterocycles. The molecule has 1 saturated carbocycles. The Bertz CT molecular complexity index is 466. The van der Waals surface area contributed by atoms with Gasteiger partial charge in [-0.15, -0.1) is 0 Å². The Hall–Kier alpha value is -1.63. The van der Waals surface area contributed by atoms with Crippen LogP contribution in [0.2, 0.25) is 0 Å². The van der Waals surface area contributed by atoms with Crippen molar-refractivity contribution in [3.8, 4) is 6.01 Å². The number of nitrogens with two attached hydrogens (primary N) is 1. The second kappa shape index (κ2) is 4.80. The van der Waals surface area contributed by atoms with E-state index in [1.165, 1.54) is 19.3 Å². The van der Waals surface area contributed by atoms with Crippen LogP contribution in [0.15, 0.2) is 0 Å². The van der Waals surface area contributed by atoms with Gasteiger partial charge in [0.05, 0.1) is 6.10 Å². The van der Waals surface area contributed by atoms with Gasteiger partial charge in [0.25, 0.3) is 0 Å². The van der Waals surface area contributed by atoms with Gasteiger partial charge in [0.2, 0.25) is 11.9 Å². The fraction of sp³-hybridized carbons (Fsp3) is 0.750. The van der Waals surface area contributed by atoms with Crippen LogP contribution < -0.4 is 20.9 Å². The Kier molecular flexibility index (Phi) is 3.14. The van der Waals surface area contributed by atoms with Crippen LogP contribution in [0.1, 0.15) is 33.1 Å². The summed E-state index contributed by atoms with van der Waals surface area (Å²) in [4.78, 5) is 15.1. The standard InChI is InChI=1S/C12H20N6O/c1-7(2)19-12-15-10(17-13)14-11(16-12)18-6-8-3-4-9(18)5-8/h7-9H,3-6,13H2,1-2H3,(H,14,15,16,17). The third-order valence-electron chi connectivity index (χ3n) is 3.74. The molecule has 2 unspecified atom stereocenters. The van der Waals surface area contributed by atoms with Crippen molar-refractivity contribution >= 4 is 11.9 Å². The summed E-state index contributed by atoms with van der Waals surface area (Å²) >= 11 is 0. The minimum Gasteiger partial charge on any atom is -0.461 e. The molecule has 2 atom stereocenters. The smallest absolute Gasteiger partial charge is 0.323 e. The quantitative estimate of drug-likeness (QED) is 0.617. The lowest BCUT2D eigenvalue weighted by molar-refractivity contribution is 0.222. The van der Waals surface area contributed by atoms with Gasteiger partial charge in [0.15, 0.2) is 0 Å². The third-order valence-corrected chi connectivity index (χ3v) is 3.74. The third kappa shape index (κ3) is 2.42. The monoisotopic (exact) mass is 264 g/mol. The maximum atomic E-state index is 5.55. The van der Waals surface area contributed by atoms with E-state index < -0.39 is 0 Å². The van der Waals surface area contributed by atoms with E-state index in [0.29, 0.717) is 23.9 Å². The minimum atomic E-state index is 0.0240. The zero-order chi connectivity index (χ0) is 13.4. The summed E-state index contributed by atoms with van der Waals surface area (Å²) in [5, 5.41) is 0. The molecule has 3 N–H and O–H groups in total. The van der Waals surface area contributed by atoms with Gasteiger partial charge in [-0.3, -0.25) is 5.43 Å². The molecule has 1 aromatic rings. The molecule has 0 radical (unpaired) electrons. The van der Waals surface area contributed by atoms with E-state index in [9.17, 15) is 0 Å². The van der Waals surface area contributed by atoms with Gasteiger partial charge < -0.3 is 9.64 Å². The maximum Gasteiger partial charge on any atom is 0.323 e. The summed E-state index contributed by atoms with van der Waals surface area (Å²) in [6.45, 7) is 4.91. The van der Waals surface area contributed by atoms with Gasteiger partial charge in [-0.1, -0.05) is 0 Å². The van der Waals surface area contributed by atoms with Crippen molar-refractivity contribution in [1.29, 1.82) is 0 Å². The molecule has 1 aromatic heterocycles. The number of hydrogen-bond donors (Lipinski definition) is 2. The van der Waals surface area contributed by atoms with Gasteiger partial charge in [-0.25, -0.2) is 5.84 Å². The number of aromatic nitrogens is 3. The van der Waals surface area contributed by atoms with E-state index >= 15 is 0 Å². The molecule has 2 fully saturated rings.